The van der Waals surface area contributed by atoms with Crippen LogP contribution in [0.15, 0.2) is 30.6 Å². The molecule has 9 heteroatoms. The van der Waals surface area contributed by atoms with Gasteiger partial charge in [0, 0.05) is 62.5 Å². The molecule has 3 aromatic rings. The van der Waals surface area contributed by atoms with Crippen LogP contribution in [0.1, 0.15) is 44.0 Å². The van der Waals surface area contributed by atoms with Crippen molar-refractivity contribution in [1.82, 2.24) is 24.2 Å². The zero-order valence-corrected chi connectivity index (χ0v) is 21.2. The average molecular weight is 502 g/mol. The number of ether oxygens (including phenoxy) is 1. The van der Waals surface area contributed by atoms with E-state index in [0.29, 0.717) is 35.6 Å². The van der Waals surface area contributed by atoms with Crippen LogP contribution in [-0.4, -0.2) is 69.0 Å². The lowest BCUT2D eigenvalue weighted by molar-refractivity contribution is -0.152. The van der Waals surface area contributed by atoms with E-state index in [4.69, 9.17) is 32.9 Å². The first-order chi connectivity index (χ1) is 16.3. The summed E-state index contributed by atoms with van der Waals surface area (Å²) in [6.45, 7) is 7.18. The Bertz CT molecular complexity index is 1230. The Labute approximate surface area is 209 Å². The number of hydrogen-bond donors (Lipinski definition) is 0. The van der Waals surface area contributed by atoms with Crippen molar-refractivity contribution in [3.05, 3.63) is 52.0 Å². The number of nitrogens with zero attached hydrogens (tertiary/aromatic N) is 5. The van der Waals surface area contributed by atoms with Crippen molar-refractivity contribution in [2.45, 2.75) is 44.8 Å². The highest BCUT2D eigenvalue weighted by Gasteiger charge is 2.34. The van der Waals surface area contributed by atoms with Crippen molar-refractivity contribution in [2.75, 3.05) is 33.3 Å². The number of imidazole rings is 1. The van der Waals surface area contributed by atoms with Gasteiger partial charge in [-0.15, -0.1) is 0 Å². The maximum absolute atomic E-state index is 12.8. The number of piperazine rings is 1. The number of aromatic nitrogens is 3. The average Bonchev–Trinajstić information content (AvgIpc) is 3.62. The smallest absolute Gasteiger partial charge is 0.254 e. The van der Waals surface area contributed by atoms with E-state index in [9.17, 15) is 4.79 Å². The van der Waals surface area contributed by atoms with Gasteiger partial charge in [-0.2, -0.15) is 0 Å². The fraction of sp³-hybridized carbons (Fsp3) is 0.480. The SMILES string of the molecule is COC(C)(C)C(=O)N1CCN(Cc2c(-c3ccc(Cl)cc3Cl)nc3cnc(C4CC4)cn23)CC1. The summed E-state index contributed by atoms with van der Waals surface area (Å²) < 4.78 is 7.55. The molecule has 1 amide bonds. The van der Waals surface area contributed by atoms with Crippen LogP contribution in [0.25, 0.3) is 16.9 Å². The van der Waals surface area contributed by atoms with E-state index in [1.807, 2.05) is 37.1 Å². The number of hydrogen-bond acceptors (Lipinski definition) is 5. The lowest BCUT2D eigenvalue weighted by Crippen LogP contribution is -2.54. The minimum atomic E-state index is -0.811. The van der Waals surface area contributed by atoms with Gasteiger partial charge in [0.05, 0.1) is 28.3 Å². The number of fused-ring (bicyclic) bond motifs is 1. The van der Waals surface area contributed by atoms with E-state index in [0.717, 1.165) is 41.4 Å². The molecule has 0 unspecified atom stereocenters. The number of carbonyl (C=O) groups excluding carboxylic acids is 1. The summed E-state index contributed by atoms with van der Waals surface area (Å²) in [6, 6.07) is 5.52. The summed E-state index contributed by atoms with van der Waals surface area (Å²) in [7, 11) is 1.58. The number of methoxy groups -OCH3 is 1. The van der Waals surface area contributed by atoms with E-state index in [1.165, 1.54) is 12.8 Å². The second kappa shape index (κ2) is 9.11. The Hall–Kier alpha value is -2.19. The fourth-order valence-corrected chi connectivity index (χ4v) is 4.94. The molecular formula is C25H29Cl2N5O2. The van der Waals surface area contributed by atoms with Crippen LogP contribution in [-0.2, 0) is 16.1 Å². The van der Waals surface area contributed by atoms with Crippen LogP contribution in [0.4, 0.5) is 0 Å². The molecule has 3 heterocycles. The Balaban J connectivity index is 1.45. The third-order valence-corrected chi connectivity index (χ3v) is 7.42. The van der Waals surface area contributed by atoms with E-state index in [-0.39, 0.29) is 5.91 Å². The van der Waals surface area contributed by atoms with Crippen LogP contribution >= 0.6 is 23.2 Å². The van der Waals surface area contributed by atoms with Gasteiger partial charge in [0.2, 0.25) is 0 Å². The molecule has 0 atom stereocenters. The third-order valence-electron chi connectivity index (χ3n) is 6.87. The molecule has 5 rings (SSSR count). The highest BCUT2D eigenvalue weighted by atomic mass is 35.5. The zero-order chi connectivity index (χ0) is 24.0. The quantitative estimate of drug-likeness (QED) is 0.491. The summed E-state index contributed by atoms with van der Waals surface area (Å²) in [5, 5.41) is 1.17. The molecule has 0 spiro atoms. The fourth-order valence-electron chi connectivity index (χ4n) is 4.45. The van der Waals surface area contributed by atoms with Gasteiger partial charge in [0.15, 0.2) is 5.65 Å². The molecule has 1 saturated carbocycles. The van der Waals surface area contributed by atoms with Gasteiger partial charge in [0.1, 0.15) is 5.60 Å². The molecule has 0 radical (unpaired) electrons. The molecule has 1 saturated heterocycles. The Kier molecular flexibility index (Phi) is 6.31. The van der Waals surface area contributed by atoms with Gasteiger partial charge >= 0.3 is 0 Å². The molecule has 1 aromatic carbocycles. The van der Waals surface area contributed by atoms with Gasteiger partial charge < -0.3 is 9.64 Å². The van der Waals surface area contributed by atoms with Crippen LogP contribution in [0, 0.1) is 0 Å². The lowest BCUT2D eigenvalue weighted by atomic mass is 10.1. The molecule has 2 aliphatic rings. The second-order valence-corrected chi connectivity index (χ2v) is 10.5. The Morgan fingerprint density at radius 3 is 2.56 bits per heavy atom. The van der Waals surface area contributed by atoms with Crippen molar-refractivity contribution in [1.29, 1.82) is 0 Å². The first-order valence-electron chi connectivity index (χ1n) is 11.7. The van der Waals surface area contributed by atoms with Crippen molar-refractivity contribution >= 4 is 34.8 Å². The van der Waals surface area contributed by atoms with Crippen LogP contribution < -0.4 is 0 Å². The van der Waals surface area contributed by atoms with Gasteiger partial charge in [-0.25, -0.2) is 4.98 Å². The summed E-state index contributed by atoms with van der Waals surface area (Å²) in [5.74, 6) is 0.569. The van der Waals surface area contributed by atoms with E-state index in [2.05, 4.69) is 20.5 Å². The van der Waals surface area contributed by atoms with Crippen LogP contribution in [0.3, 0.4) is 0 Å². The monoisotopic (exact) mass is 501 g/mol. The third kappa shape index (κ3) is 4.54. The Morgan fingerprint density at radius 2 is 1.91 bits per heavy atom. The standard InChI is InChI=1S/C25H29Cl2N5O2/c1-25(2,34-3)24(33)31-10-8-30(9-11-31)15-21-23(18-7-6-17(26)12-19(18)27)29-22-13-28-20(14-32(21)22)16-4-5-16/h6-7,12-14,16H,4-5,8-11,15H2,1-3H3. The van der Waals surface area contributed by atoms with Gasteiger partial charge in [-0.3, -0.25) is 19.1 Å². The normalized spacial score (nSPS) is 17.5. The molecule has 0 bridgehead atoms. The van der Waals surface area contributed by atoms with E-state index < -0.39 is 5.60 Å². The number of rotatable bonds is 6. The van der Waals surface area contributed by atoms with Crippen LogP contribution in [0.5, 0.6) is 0 Å². The first-order valence-corrected chi connectivity index (χ1v) is 12.4. The summed E-state index contributed by atoms with van der Waals surface area (Å²) >= 11 is 12.7. The molecule has 2 fully saturated rings. The largest absolute Gasteiger partial charge is 0.369 e. The molecule has 0 N–H and O–H groups in total. The van der Waals surface area contributed by atoms with Crippen molar-refractivity contribution in [2.24, 2.45) is 0 Å². The van der Waals surface area contributed by atoms with E-state index in [1.54, 1.807) is 13.2 Å². The summed E-state index contributed by atoms with van der Waals surface area (Å²) in [5.41, 5.74) is 3.87. The number of carbonyl (C=O) groups is 1. The summed E-state index contributed by atoms with van der Waals surface area (Å²) in [4.78, 5) is 26.6. The Morgan fingerprint density at radius 1 is 1.18 bits per heavy atom. The molecule has 1 aliphatic heterocycles. The minimum Gasteiger partial charge on any atom is -0.369 e. The lowest BCUT2D eigenvalue weighted by Gasteiger charge is -2.38. The van der Waals surface area contributed by atoms with Crippen molar-refractivity contribution in [3.8, 4) is 11.3 Å². The van der Waals surface area contributed by atoms with Gasteiger partial charge in [-0.05, 0) is 44.9 Å². The molecule has 7 nitrogen and oxygen atoms in total. The molecule has 2 aromatic heterocycles. The topological polar surface area (TPSA) is 63.0 Å². The van der Waals surface area contributed by atoms with E-state index >= 15 is 0 Å². The number of halogens is 2. The number of amides is 1. The van der Waals surface area contributed by atoms with Gasteiger partial charge in [0.25, 0.3) is 5.91 Å². The van der Waals surface area contributed by atoms with Crippen LogP contribution in [0.2, 0.25) is 10.0 Å². The summed E-state index contributed by atoms with van der Waals surface area (Å²) in [6.07, 6.45) is 6.36. The highest BCUT2D eigenvalue weighted by Crippen LogP contribution is 2.39. The van der Waals surface area contributed by atoms with Gasteiger partial charge in [-0.1, -0.05) is 23.2 Å². The minimum absolute atomic E-state index is 0.0261. The highest BCUT2D eigenvalue weighted by molar-refractivity contribution is 6.36. The van der Waals surface area contributed by atoms with Crippen molar-refractivity contribution in [3.63, 3.8) is 0 Å². The molecular weight excluding hydrogens is 473 g/mol. The maximum atomic E-state index is 12.8. The number of benzene rings is 1. The molecule has 34 heavy (non-hydrogen) atoms. The first kappa shape index (κ1) is 23.5. The molecule has 180 valence electrons. The predicted molar refractivity (Wildman–Crippen MR) is 133 cm³/mol. The second-order valence-electron chi connectivity index (χ2n) is 9.63. The molecule has 1 aliphatic carbocycles. The van der Waals surface area contributed by atoms with Crippen molar-refractivity contribution < 1.29 is 9.53 Å². The predicted octanol–water partition coefficient (Wildman–Crippen LogP) is 4.65. The maximum Gasteiger partial charge on any atom is 0.254 e. The zero-order valence-electron chi connectivity index (χ0n) is 19.7.